The Balaban J connectivity index is 0.960. The number of furan rings is 1. The number of hydrogen-bond donors (Lipinski definition) is 0. The topological polar surface area (TPSA) is 21.3 Å². The van der Waals surface area contributed by atoms with Crippen LogP contribution < -0.4 is 4.90 Å². The third kappa shape index (κ3) is 6.20. The van der Waals surface area contributed by atoms with Crippen LogP contribution in [-0.2, 0) is 0 Å². The first-order valence-corrected chi connectivity index (χ1v) is 22.2. The second kappa shape index (κ2) is 15.0. The van der Waals surface area contributed by atoms with Gasteiger partial charge in [-0.25, -0.2) is 0 Å². The summed E-state index contributed by atoms with van der Waals surface area (Å²) >= 11 is 0. The second-order valence-electron chi connectivity index (χ2n) is 16.9. The van der Waals surface area contributed by atoms with Gasteiger partial charge in [-0.15, -0.1) is 0 Å². The molecule has 2 heterocycles. The van der Waals surface area contributed by atoms with E-state index < -0.39 is 0 Å². The molecule has 0 amide bonds. The number of para-hydroxylation sites is 3. The largest absolute Gasteiger partial charge is 0.455 e. The van der Waals surface area contributed by atoms with Gasteiger partial charge in [0.25, 0.3) is 0 Å². The summed E-state index contributed by atoms with van der Waals surface area (Å²) < 4.78 is 9.13. The lowest BCUT2D eigenvalue weighted by atomic mass is 9.97. The average Bonchev–Trinajstić information content (AvgIpc) is 3.93. The molecule has 0 saturated heterocycles. The fourth-order valence-corrected chi connectivity index (χ4v) is 10.0. The fourth-order valence-electron chi connectivity index (χ4n) is 10.0. The Morgan fingerprint density at radius 3 is 1.54 bits per heavy atom. The van der Waals surface area contributed by atoms with Gasteiger partial charge in [-0.1, -0.05) is 170 Å². The van der Waals surface area contributed by atoms with Gasteiger partial charge < -0.3 is 13.9 Å². The van der Waals surface area contributed by atoms with Crippen molar-refractivity contribution in [3.8, 4) is 39.1 Å². The van der Waals surface area contributed by atoms with Gasteiger partial charge >= 0.3 is 0 Å². The van der Waals surface area contributed by atoms with Crippen LogP contribution in [0, 0.1) is 0 Å². The standard InChI is InChI=1S/C62H40N2O/c1-2-12-41(13-3-1)42-24-31-48(32-25-42)63(49-33-26-43(27-34-49)46-30-37-53-47(38-46)23-22-44-14-4-5-15-52(44)53)51-39-57(62-58(40-51)56-18-8-11-21-61(56)65-62)45-28-35-50(36-29-45)64-59-19-9-6-16-54(59)55-17-7-10-20-60(55)64/h1-40H. The van der Waals surface area contributed by atoms with Crippen molar-refractivity contribution in [2.24, 2.45) is 0 Å². The van der Waals surface area contributed by atoms with Crippen LogP contribution in [0.5, 0.6) is 0 Å². The van der Waals surface area contributed by atoms with Crippen molar-refractivity contribution in [2.45, 2.75) is 0 Å². The Morgan fingerprint density at radius 2 is 0.831 bits per heavy atom. The molecular formula is C62H40N2O. The Morgan fingerprint density at radius 1 is 0.308 bits per heavy atom. The highest BCUT2D eigenvalue weighted by atomic mass is 16.3. The van der Waals surface area contributed by atoms with Gasteiger partial charge in [-0.2, -0.15) is 0 Å². The highest BCUT2D eigenvalue weighted by Gasteiger charge is 2.21. The molecule has 0 aliphatic carbocycles. The third-order valence-corrected chi connectivity index (χ3v) is 13.2. The van der Waals surface area contributed by atoms with Crippen molar-refractivity contribution >= 4 is 82.4 Å². The first-order chi connectivity index (χ1) is 32.2. The van der Waals surface area contributed by atoms with Crippen molar-refractivity contribution < 1.29 is 4.42 Å². The Kier molecular flexibility index (Phi) is 8.53. The van der Waals surface area contributed by atoms with E-state index >= 15 is 0 Å². The van der Waals surface area contributed by atoms with Crippen LogP contribution in [0.3, 0.4) is 0 Å². The van der Waals surface area contributed by atoms with E-state index in [9.17, 15) is 0 Å². The first-order valence-electron chi connectivity index (χ1n) is 22.2. The molecule has 3 heteroatoms. The zero-order valence-electron chi connectivity index (χ0n) is 35.4. The molecular weight excluding hydrogens is 789 g/mol. The summed E-state index contributed by atoms with van der Waals surface area (Å²) in [6.07, 6.45) is 0. The van der Waals surface area contributed by atoms with Crippen molar-refractivity contribution in [3.05, 3.63) is 243 Å². The minimum atomic E-state index is 0.870. The number of nitrogens with zero attached hydrogens (tertiary/aromatic N) is 2. The van der Waals surface area contributed by atoms with Gasteiger partial charge in [0, 0.05) is 49.9 Å². The predicted molar refractivity (Wildman–Crippen MR) is 274 cm³/mol. The van der Waals surface area contributed by atoms with Gasteiger partial charge in [-0.3, -0.25) is 0 Å². The molecule has 0 atom stereocenters. The lowest BCUT2D eigenvalue weighted by molar-refractivity contribution is 0.670. The zero-order valence-corrected chi connectivity index (χ0v) is 35.4. The normalized spacial score (nSPS) is 11.7. The van der Waals surface area contributed by atoms with E-state index in [1.165, 1.54) is 65.6 Å². The molecule has 0 saturated carbocycles. The minimum absolute atomic E-state index is 0.870. The average molecular weight is 829 g/mol. The van der Waals surface area contributed by atoms with Gasteiger partial charge in [0.05, 0.1) is 11.0 Å². The van der Waals surface area contributed by atoms with Crippen LogP contribution in [0.4, 0.5) is 17.1 Å². The summed E-state index contributed by atoms with van der Waals surface area (Å²) in [5, 5.41) is 9.71. The number of aromatic nitrogens is 1. The third-order valence-electron chi connectivity index (χ3n) is 13.2. The molecule has 0 fully saturated rings. The van der Waals surface area contributed by atoms with Crippen molar-refractivity contribution in [3.63, 3.8) is 0 Å². The molecule has 0 aliphatic rings. The number of rotatable bonds is 7. The number of anilines is 3. The molecule has 13 aromatic rings. The summed E-state index contributed by atoms with van der Waals surface area (Å²) in [5.74, 6) is 0. The quantitative estimate of drug-likeness (QED) is 0.149. The van der Waals surface area contributed by atoms with Crippen molar-refractivity contribution in [1.82, 2.24) is 4.57 Å². The lowest BCUT2D eigenvalue weighted by Crippen LogP contribution is -2.10. The molecule has 0 unspecified atom stereocenters. The van der Waals surface area contributed by atoms with Crippen LogP contribution in [0.1, 0.15) is 0 Å². The minimum Gasteiger partial charge on any atom is -0.455 e. The number of hydrogen-bond acceptors (Lipinski definition) is 2. The molecule has 2 aromatic heterocycles. The van der Waals surface area contributed by atoms with E-state index in [1.807, 2.05) is 6.07 Å². The summed E-state index contributed by atoms with van der Waals surface area (Å²) in [5.41, 5.74) is 15.3. The number of fused-ring (bicyclic) bond motifs is 9. The molecule has 0 aliphatic heterocycles. The predicted octanol–water partition coefficient (Wildman–Crippen LogP) is 17.5. The molecule has 0 radical (unpaired) electrons. The summed E-state index contributed by atoms with van der Waals surface area (Å²) in [4.78, 5) is 2.38. The van der Waals surface area contributed by atoms with Crippen LogP contribution in [0.25, 0.3) is 104 Å². The number of benzene rings is 11. The van der Waals surface area contributed by atoms with Crippen LogP contribution in [-0.4, -0.2) is 4.57 Å². The molecule has 0 N–H and O–H groups in total. The van der Waals surface area contributed by atoms with Crippen LogP contribution in [0.2, 0.25) is 0 Å². The SMILES string of the molecule is c1ccc(-c2ccc(N(c3ccc(-c4ccc5c(ccc6ccccc65)c4)cc3)c3cc(-c4ccc(-n5c6ccccc6c6ccccc65)cc4)c4oc5ccccc5c4c3)cc2)cc1. The molecule has 0 spiro atoms. The summed E-state index contributed by atoms with van der Waals surface area (Å²) in [7, 11) is 0. The van der Waals surface area contributed by atoms with Crippen molar-refractivity contribution in [1.29, 1.82) is 0 Å². The molecule has 0 bridgehead atoms. The molecule has 13 rings (SSSR count). The maximum absolute atomic E-state index is 6.76. The summed E-state index contributed by atoms with van der Waals surface area (Å²) in [6.45, 7) is 0. The Bertz CT molecular complexity index is 3860. The smallest absolute Gasteiger partial charge is 0.143 e. The maximum Gasteiger partial charge on any atom is 0.143 e. The van der Waals surface area contributed by atoms with Crippen molar-refractivity contribution in [2.75, 3.05) is 4.90 Å². The molecule has 11 aromatic carbocycles. The highest BCUT2D eigenvalue weighted by molar-refractivity contribution is 6.13. The highest BCUT2D eigenvalue weighted by Crippen LogP contribution is 2.45. The first kappa shape index (κ1) is 36.9. The van der Waals surface area contributed by atoms with E-state index in [0.29, 0.717) is 0 Å². The van der Waals surface area contributed by atoms with E-state index in [2.05, 4.69) is 246 Å². The van der Waals surface area contributed by atoms with Gasteiger partial charge in [-0.05, 0) is 122 Å². The van der Waals surface area contributed by atoms with Gasteiger partial charge in [0.2, 0.25) is 0 Å². The summed E-state index contributed by atoms with van der Waals surface area (Å²) in [6, 6.07) is 87.7. The Hall–Kier alpha value is -8.66. The van der Waals surface area contributed by atoms with Gasteiger partial charge in [0.15, 0.2) is 0 Å². The van der Waals surface area contributed by atoms with Crippen LogP contribution in [0.15, 0.2) is 247 Å². The second-order valence-corrected chi connectivity index (χ2v) is 16.9. The van der Waals surface area contributed by atoms with E-state index in [0.717, 1.165) is 55.8 Å². The Labute approximate surface area is 376 Å². The van der Waals surface area contributed by atoms with E-state index in [4.69, 9.17) is 4.42 Å². The monoisotopic (exact) mass is 828 g/mol. The lowest BCUT2D eigenvalue weighted by Gasteiger charge is -2.27. The van der Waals surface area contributed by atoms with E-state index in [1.54, 1.807) is 0 Å². The fraction of sp³-hybridized carbons (Fsp3) is 0. The van der Waals surface area contributed by atoms with E-state index in [-0.39, 0.29) is 0 Å². The molecule has 3 nitrogen and oxygen atoms in total. The van der Waals surface area contributed by atoms with Crippen LogP contribution >= 0.6 is 0 Å². The maximum atomic E-state index is 6.76. The van der Waals surface area contributed by atoms with Gasteiger partial charge in [0.1, 0.15) is 11.2 Å². The molecule has 65 heavy (non-hydrogen) atoms. The zero-order chi connectivity index (χ0) is 42.8. The molecule has 304 valence electrons.